The van der Waals surface area contributed by atoms with Crippen molar-refractivity contribution in [3.63, 3.8) is 0 Å². The molecule has 1 aliphatic heterocycles. The Balaban J connectivity index is 2.42. The number of nitrogens with zero attached hydrogens (tertiary/aromatic N) is 1. The fraction of sp³-hybridized carbons (Fsp3) is 0.500. The molecule has 0 fully saturated rings. The highest BCUT2D eigenvalue weighted by Crippen LogP contribution is 2.33. The van der Waals surface area contributed by atoms with E-state index in [0.29, 0.717) is 5.92 Å². The molecule has 70 valence electrons. The van der Waals surface area contributed by atoms with Gasteiger partial charge in [0.15, 0.2) is 0 Å². The number of hydrogen-bond donors (Lipinski definition) is 1. The molecule has 2 rings (SSSR count). The van der Waals surface area contributed by atoms with E-state index in [-0.39, 0.29) is 0 Å². The third-order valence-corrected chi connectivity index (χ3v) is 2.37. The second-order valence-corrected chi connectivity index (χ2v) is 3.54. The van der Waals surface area contributed by atoms with Gasteiger partial charge in [-0.15, -0.1) is 0 Å². The first-order chi connectivity index (χ1) is 6.18. The lowest BCUT2D eigenvalue weighted by Gasteiger charge is -2.06. The lowest BCUT2D eigenvalue weighted by Crippen LogP contribution is -1.97. The van der Waals surface area contributed by atoms with Gasteiger partial charge in [-0.2, -0.15) is 0 Å². The average molecular weight is 179 g/mol. The minimum atomic E-state index is -0.502. The molecule has 0 aliphatic carbocycles. The molecule has 0 saturated heterocycles. The van der Waals surface area contributed by atoms with Crippen LogP contribution in [0.3, 0.4) is 0 Å². The number of ether oxygens (including phenoxy) is 1. The summed E-state index contributed by atoms with van der Waals surface area (Å²) in [5.74, 6) is 1.27. The van der Waals surface area contributed by atoms with Gasteiger partial charge in [0.2, 0.25) is 0 Å². The van der Waals surface area contributed by atoms with Gasteiger partial charge in [-0.1, -0.05) is 6.92 Å². The van der Waals surface area contributed by atoms with Crippen LogP contribution in [0.1, 0.15) is 37.1 Å². The Morgan fingerprint density at radius 3 is 3.15 bits per heavy atom. The molecule has 0 saturated carbocycles. The Bertz CT molecular complexity index is 323. The molecule has 3 heteroatoms. The lowest BCUT2D eigenvalue weighted by atomic mass is 10.0. The van der Waals surface area contributed by atoms with E-state index in [1.165, 1.54) is 0 Å². The molecule has 0 radical (unpaired) electrons. The predicted octanol–water partition coefficient (Wildman–Crippen LogP) is 1.63. The summed E-state index contributed by atoms with van der Waals surface area (Å²) in [6.07, 6.45) is 1.19. The first kappa shape index (κ1) is 8.51. The Morgan fingerprint density at radius 2 is 2.46 bits per heavy atom. The van der Waals surface area contributed by atoms with E-state index in [1.807, 2.05) is 6.07 Å². The normalized spacial score (nSPS) is 22.2. The van der Waals surface area contributed by atoms with Gasteiger partial charge >= 0.3 is 0 Å². The third-order valence-electron chi connectivity index (χ3n) is 2.37. The van der Waals surface area contributed by atoms with Crippen molar-refractivity contribution < 1.29 is 9.84 Å². The van der Waals surface area contributed by atoms with Gasteiger partial charge < -0.3 is 9.84 Å². The standard InChI is InChI=1S/C10H13NO2/c1-6-5-13-10-4-11-9(7(2)12)3-8(6)10/h3-4,6-7,12H,5H2,1-2H3/t6-,7?/m1/s1. The van der Waals surface area contributed by atoms with Crippen LogP contribution in [0.5, 0.6) is 5.75 Å². The summed E-state index contributed by atoms with van der Waals surface area (Å²) in [5, 5.41) is 9.34. The smallest absolute Gasteiger partial charge is 0.141 e. The molecule has 0 spiro atoms. The molecule has 1 N–H and O–H groups in total. The van der Waals surface area contributed by atoms with Gasteiger partial charge in [0.25, 0.3) is 0 Å². The van der Waals surface area contributed by atoms with E-state index in [9.17, 15) is 5.11 Å². The predicted molar refractivity (Wildman–Crippen MR) is 48.8 cm³/mol. The van der Waals surface area contributed by atoms with Gasteiger partial charge in [0.1, 0.15) is 5.75 Å². The largest absolute Gasteiger partial charge is 0.491 e. The molecule has 1 aromatic rings. The first-order valence-electron chi connectivity index (χ1n) is 4.49. The molecule has 2 atom stereocenters. The van der Waals surface area contributed by atoms with Crippen molar-refractivity contribution >= 4 is 0 Å². The number of aliphatic hydroxyl groups excluding tert-OH is 1. The van der Waals surface area contributed by atoms with Crippen LogP contribution in [0.4, 0.5) is 0 Å². The monoisotopic (exact) mass is 179 g/mol. The van der Waals surface area contributed by atoms with Crippen LogP contribution in [-0.2, 0) is 0 Å². The molecule has 1 aliphatic rings. The Morgan fingerprint density at radius 1 is 1.69 bits per heavy atom. The van der Waals surface area contributed by atoms with Crippen molar-refractivity contribution in [3.05, 3.63) is 23.5 Å². The zero-order valence-corrected chi connectivity index (χ0v) is 7.82. The molecule has 3 nitrogen and oxygen atoms in total. The number of fused-ring (bicyclic) bond motifs is 1. The maximum atomic E-state index is 9.34. The maximum absolute atomic E-state index is 9.34. The molecule has 2 heterocycles. The summed E-state index contributed by atoms with van der Waals surface area (Å²) >= 11 is 0. The van der Waals surface area contributed by atoms with Crippen LogP contribution in [0.2, 0.25) is 0 Å². The van der Waals surface area contributed by atoms with Crippen LogP contribution in [0.15, 0.2) is 12.3 Å². The van der Waals surface area contributed by atoms with Crippen LogP contribution in [0.25, 0.3) is 0 Å². The second-order valence-electron chi connectivity index (χ2n) is 3.54. The van der Waals surface area contributed by atoms with Gasteiger partial charge in [-0.3, -0.25) is 4.98 Å². The second kappa shape index (κ2) is 3.00. The number of aromatic nitrogens is 1. The van der Waals surface area contributed by atoms with Crippen molar-refractivity contribution in [2.45, 2.75) is 25.9 Å². The van der Waals surface area contributed by atoms with Gasteiger partial charge in [0, 0.05) is 11.5 Å². The van der Waals surface area contributed by atoms with Crippen molar-refractivity contribution in [2.24, 2.45) is 0 Å². The van der Waals surface area contributed by atoms with Gasteiger partial charge in [0.05, 0.1) is 24.6 Å². The Kier molecular flexibility index (Phi) is 1.96. The molecular formula is C10H13NO2. The van der Waals surface area contributed by atoms with E-state index >= 15 is 0 Å². The summed E-state index contributed by atoms with van der Waals surface area (Å²) < 4.78 is 5.40. The van der Waals surface area contributed by atoms with Gasteiger partial charge in [-0.05, 0) is 13.0 Å². The van der Waals surface area contributed by atoms with E-state index < -0.39 is 6.10 Å². The van der Waals surface area contributed by atoms with E-state index in [0.717, 1.165) is 23.6 Å². The maximum Gasteiger partial charge on any atom is 0.141 e. The highest BCUT2D eigenvalue weighted by molar-refractivity contribution is 5.38. The molecule has 13 heavy (non-hydrogen) atoms. The molecule has 1 unspecified atom stereocenters. The summed E-state index contributed by atoms with van der Waals surface area (Å²) in [6.45, 7) is 4.55. The number of hydrogen-bond acceptors (Lipinski definition) is 3. The molecule has 1 aromatic heterocycles. The first-order valence-corrected chi connectivity index (χ1v) is 4.49. The van der Waals surface area contributed by atoms with Crippen LogP contribution in [0, 0.1) is 0 Å². The van der Waals surface area contributed by atoms with E-state index in [2.05, 4.69) is 11.9 Å². The lowest BCUT2D eigenvalue weighted by molar-refractivity contribution is 0.194. The molecule has 0 amide bonds. The highest BCUT2D eigenvalue weighted by atomic mass is 16.5. The van der Waals surface area contributed by atoms with Gasteiger partial charge in [-0.25, -0.2) is 0 Å². The third kappa shape index (κ3) is 1.40. The zero-order chi connectivity index (χ0) is 9.42. The summed E-state index contributed by atoms with van der Waals surface area (Å²) in [6, 6.07) is 1.93. The minimum absolute atomic E-state index is 0.412. The molecular weight excluding hydrogens is 166 g/mol. The van der Waals surface area contributed by atoms with Crippen LogP contribution in [-0.4, -0.2) is 16.7 Å². The summed E-state index contributed by atoms with van der Waals surface area (Å²) in [4.78, 5) is 4.11. The van der Waals surface area contributed by atoms with E-state index in [1.54, 1.807) is 13.1 Å². The van der Waals surface area contributed by atoms with Crippen molar-refractivity contribution in [3.8, 4) is 5.75 Å². The van der Waals surface area contributed by atoms with Crippen molar-refractivity contribution in [1.82, 2.24) is 4.98 Å². The number of rotatable bonds is 1. The van der Waals surface area contributed by atoms with Crippen LogP contribution >= 0.6 is 0 Å². The number of aliphatic hydroxyl groups is 1. The summed E-state index contributed by atoms with van der Waals surface area (Å²) in [5.41, 5.74) is 1.88. The fourth-order valence-corrected chi connectivity index (χ4v) is 1.51. The quantitative estimate of drug-likeness (QED) is 0.712. The fourth-order valence-electron chi connectivity index (χ4n) is 1.51. The minimum Gasteiger partial charge on any atom is -0.491 e. The Labute approximate surface area is 77.4 Å². The highest BCUT2D eigenvalue weighted by Gasteiger charge is 2.21. The topological polar surface area (TPSA) is 42.4 Å². The number of pyridine rings is 1. The Hall–Kier alpha value is -1.09. The zero-order valence-electron chi connectivity index (χ0n) is 7.82. The van der Waals surface area contributed by atoms with E-state index in [4.69, 9.17) is 4.74 Å². The molecule has 0 aromatic carbocycles. The average Bonchev–Trinajstić information content (AvgIpc) is 2.47. The van der Waals surface area contributed by atoms with Crippen LogP contribution < -0.4 is 4.74 Å². The summed E-state index contributed by atoms with van der Waals surface area (Å²) in [7, 11) is 0. The van der Waals surface area contributed by atoms with Crippen molar-refractivity contribution in [1.29, 1.82) is 0 Å². The van der Waals surface area contributed by atoms with Crippen molar-refractivity contribution in [2.75, 3.05) is 6.61 Å². The SMILES string of the molecule is CC(O)c1cc2c(cn1)OC[C@H]2C. The molecule has 0 bridgehead atoms.